The number of anilines is 1. The van der Waals surface area contributed by atoms with Crippen molar-refractivity contribution in [3.8, 4) is 0 Å². The van der Waals surface area contributed by atoms with Crippen molar-refractivity contribution in [1.29, 1.82) is 0 Å². The van der Waals surface area contributed by atoms with E-state index in [1.807, 2.05) is 17.0 Å². The van der Waals surface area contributed by atoms with E-state index in [-0.39, 0.29) is 6.03 Å². The van der Waals surface area contributed by atoms with Gasteiger partial charge in [-0.1, -0.05) is 23.8 Å². The molecule has 0 spiro atoms. The van der Waals surface area contributed by atoms with E-state index in [4.69, 9.17) is 11.6 Å². The van der Waals surface area contributed by atoms with Crippen LogP contribution in [-0.4, -0.2) is 24.0 Å². The summed E-state index contributed by atoms with van der Waals surface area (Å²) >= 11 is 5.83. The maximum Gasteiger partial charge on any atom is 0.321 e. The molecule has 0 bridgehead atoms. The summed E-state index contributed by atoms with van der Waals surface area (Å²) in [5, 5.41) is 3.61. The molecular formula is C15H17ClN2O. The Labute approximate surface area is 118 Å². The number of nitrogens with zero attached hydrogens (tertiary/aromatic N) is 1. The van der Waals surface area contributed by atoms with Gasteiger partial charge < -0.3 is 10.2 Å². The van der Waals surface area contributed by atoms with Crippen LogP contribution in [0, 0.1) is 11.8 Å². The number of carbonyl (C=O) groups is 1. The number of benzene rings is 1. The maximum atomic E-state index is 12.2. The molecule has 2 aliphatic rings. The van der Waals surface area contributed by atoms with Crippen LogP contribution in [0.3, 0.4) is 0 Å². The summed E-state index contributed by atoms with van der Waals surface area (Å²) in [5.74, 6) is 1.28. The molecule has 0 radical (unpaired) electrons. The quantitative estimate of drug-likeness (QED) is 0.778. The van der Waals surface area contributed by atoms with Gasteiger partial charge in [-0.3, -0.25) is 0 Å². The van der Waals surface area contributed by atoms with Gasteiger partial charge in [0.1, 0.15) is 0 Å². The zero-order valence-corrected chi connectivity index (χ0v) is 11.4. The highest BCUT2D eigenvalue weighted by atomic mass is 35.5. The lowest BCUT2D eigenvalue weighted by molar-refractivity contribution is 0.220. The van der Waals surface area contributed by atoms with Crippen molar-refractivity contribution in [1.82, 2.24) is 4.90 Å². The van der Waals surface area contributed by atoms with E-state index >= 15 is 0 Å². The summed E-state index contributed by atoms with van der Waals surface area (Å²) < 4.78 is 0. The third kappa shape index (κ3) is 2.76. The molecule has 1 saturated heterocycles. The van der Waals surface area contributed by atoms with Gasteiger partial charge in [-0.25, -0.2) is 4.79 Å². The zero-order chi connectivity index (χ0) is 13.2. The molecule has 3 rings (SSSR count). The Morgan fingerprint density at radius 1 is 1.11 bits per heavy atom. The van der Waals surface area contributed by atoms with Crippen molar-refractivity contribution in [3.63, 3.8) is 0 Å². The second-order valence-electron chi connectivity index (χ2n) is 5.30. The average molecular weight is 277 g/mol. The van der Waals surface area contributed by atoms with Crippen molar-refractivity contribution in [3.05, 3.63) is 41.4 Å². The summed E-state index contributed by atoms with van der Waals surface area (Å²) in [4.78, 5) is 14.1. The molecule has 1 heterocycles. The molecule has 2 atom stereocenters. The number of halogens is 1. The number of likely N-dealkylation sites (tertiary alicyclic amines) is 1. The Morgan fingerprint density at radius 3 is 2.26 bits per heavy atom. The van der Waals surface area contributed by atoms with Gasteiger partial charge in [-0.15, -0.1) is 0 Å². The summed E-state index contributed by atoms with van der Waals surface area (Å²) in [7, 11) is 0. The van der Waals surface area contributed by atoms with E-state index in [2.05, 4.69) is 17.5 Å². The van der Waals surface area contributed by atoms with Crippen LogP contribution >= 0.6 is 11.6 Å². The van der Waals surface area contributed by atoms with Crippen molar-refractivity contribution in [2.24, 2.45) is 11.8 Å². The minimum atomic E-state index is -0.00303. The smallest absolute Gasteiger partial charge is 0.321 e. The SMILES string of the molecule is O=C(Nc1ccc(Cl)cc1)N1CC2CC=CCC2C1. The molecule has 2 amide bonds. The minimum absolute atomic E-state index is 0.00303. The van der Waals surface area contributed by atoms with E-state index in [9.17, 15) is 4.79 Å². The maximum absolute atomic E-state index is 12.2. The fourth-order valence-corrected chi connectivity index (χ4v) is 3.04. The molecule has 19 heavy (non-hydrogen) atoms. The Bertz CT molecular complexity index is 481. The number of nitrogens with one attached hydrogen (secondary N) is 1. The molecule has 1 fully saturated rings. The lowest BCUT2D eigenvalue weighted by Crippen LogP contribution is -2.33. The predicted octanol–water partition coefficient (Wildman–Crippen LogP) is 3.77. The van der Waals surface area contributed by atoms with E-state index < -0.39 is 0 Å². The van der Waals surface area contributed by atoms with E-state index in [0.717, 1.165) is 31.6 Å². The average Bonchev–Trinajstić information content (AvgIpc) is 2.85. The molecule has 1 aromatic carbocycles. The predicted molar refractivity (Wildman–Crippen MR) is 77.4 cm³/mol. The number of rotatable bonds is 1. The van der Waals surface area contributed by atoms with Gasteiger partial charge in [-0.05, 0) is 48.9 Å². The molecule has 2 unspecified atom stereocenters. The normalized spacial score (nSPS) is 25.2. The lowest BCUT2D eigenvalue weighted by atomic mass is 9.86. The Morgan fingerprint density at radius 2 is 1.68 bits per heavy atom. The molecular weight excluding hydrogens is 260 g/mol. The molecule has 4 heteroatoms. The molecule has 0 aromatic heterocycles. The van der Waals surface area contributed by atoms with E-state index in [1.54, 1.807) is 12.1 Å². The van der Waals surface area contributed by atoms with Crippen molar-refractivity contribution < 1.29 is 4.79 Å². The highest BCUT2D eigenvalue weighted by Gasteiger charge is 2.34. The van der Waals surface area contributed by atoms with Gasteiger partial charge in [0, 0.05) is 23.8 Å². The summed E-state index contributed by atoms with van der Waals surface area (Å²) in [6, 6.07) is 7.21. The second kappa shape index (κ2) is 5.25. The van der Waals surface area contributed by atoms with Gasteiger partial charge in [0.2, 0.25) is 0 Å². The standard InChI is InChI=1S/C15H17ClN2O/c16-13-5-7-14(8-6-13)17-15(19)18-9-11-3-1-2-4-12(11)10-18/h1-2,5-8,11-12H,3-4,9-10H2,(H,17,19). The highest BCUT2D eigenvalue weighted by molar-refractivity contribution is 6.30. The first-order valence-electron chi connectivity index (χ1n) is 6.69. The first-order chi connectivity index (χ1) is 9.22. The molecule has 1 aliphatic heterocycles. The lowest BCUT2D eigenvalue weighted by Gasteiger charge is -2.17. The van der Waals surface area contributed by atoms with Crippen molar-refractivity contribution in [2.45, 2.75) is 12.8 Å². The number of carbonyl (C=O) groups excluding carboxylic acids is 1. The van der Waals surface area contributed by atoms with Crippen LogP contribution in [0.25, 0.3) is 0 Å². The second-order valence-corrected chi connectivity index (χ2v) is 5.74. The van der Waals surface area contributed by atoms with Gasteiger partial charge in [0.15, 0.2) is 0 Å². The largest absolute Gasteiger partial charge is 0.324 e. The first kappa shape index (κ1) is 12.5. The van der Waals surface area contributed by atoms with Crippen LogP contribution in [0.2, 0.25) is 5.02 Å². The van der Waals surface area contributed by atoms with Crippen LogP contribution in [0.1, 0.15) is 12.8 Å². The number of amides is 2. The third-order valence-corrected chi connectivity index (χ3v) is 4.26. The number of hydrogen-bond donors (Lipinski definition) is 1. The Hall–Kier alpha value is -1.48. The van der Waals surface area contributed by atoms with Gasteiger partial charge >= 0.3 is 6.03 Å². The topological polar surface area (TPSA) is 32.3 Å². The Balaban J connectivity index is 1.61. The summed E-state index contributed by atoms with van der Waals surface area (Å²) in [6.07, 6.45) is 6.69. The fourth-order valence-electron chi connectivity index (χ4n) is 2.92. The molecule has 1 aromatic rings. The Kier molecular flexibility index (Phi) is 3.47. The van der Waals surface area contributed by atoms with Gasteiger partial charge in [-0.2, -0.15) is 0 Å². The van der Waals surface area contributed by atoms with Crippen LogP contribution in [-0.2, 0) is 0 Å². The number of hydrogen-bond acceptors (Lipinski definition) is 1. The van der Waals surface area contributed by atoms with E-state index in [1.165, 1.54) is 0 Å². The van der Waals surface area contributed by atoms with Crippen LogP contribution in [0.4, 0.5) is 10.5 Å². The number of urea groups is 1. The minimum Gasteiger partial charge on any atom is -0.324 e. The van der Waals surface area contributed by atoms with Crippen molar-refractivity contribution >= 4 is 23.3 Å². The molecule has 1 aliphatic carbocycles. The molecule has 0 saturated carbocycles. The zero-order valence-electron chi connectivity index (χ0n) is 10.7. The van der Waals surface area contributed by atoms with Gasteiger partial charge in [0.25, 0.3) is 0 Å². The first-order valence-corrected chi connectivity index (χ1v) is 7.06. The summed E-state index contributed by atoms with van der Waals surface area (Å²) in [6.45, 7) is 1.74. The summed E-state index contributed by atoms with van der Waals surface area (Å²) in [5.41, 5.74) is 0.794. The monoisotopic (exact) mass is 276 g/mol. The van der Waals surface area contributed by atoms with Crippen LogP contribution in [0.5, 0.6) is 0 Å². The molecule has 100 valence electrons. The van der Waals surface area contributed by atoms with Crippen LogP contribution in [0.15, 0.2) is 36.4 Å². The fraction of sp³-hybridized carbons (Fsp3) is 0.400. The molecule has 1 N–H and O–H groups in total. The van der Waals surface area contributed by atoms with Crippen LogP contribution < -0.4 is 5.32 Å². The van der Waals surface area contributed by atoms with Crippen molar-refractivity contribution in [2.75, 3.05) is 18.4 Å². The van der Waals surface area contributed by atoms with Gasteiger partial charge in [0.05, 0.1) is 0 Å². The molecule has 3 nitrogen and oxygen atoms in total. The third-order valence-electron chi connectivity index (χ3n) is 4.00. The van der Waals surface area contributed by atoms with E-state index in [0.29, 0.717) is 16.9 Å². The highest BCUT2D eigenvalue weighted by Crippen LogP contribution is 2.32. The number of allylic oxidation sites excluding steroid dienone is 2. The number of fused-ring (bicyclic) bond motifs is 1.